The molecule has 2 aromatic rings. The Morgan fingerprint density at radius 1 is 1.08 bits per heavy atom. The summed E-state index contributed by atoms with van der Waals surface area (Å²) in [5, 5.41) is 2.74. The van der Waals surface area contributed by atoms with Gasteiger partial charge in [-0.25, -0.2) is 13.1 Å². The molecule has 2 rings (SSSR count). The van der Waals surface area contributed by atoms with Crippen LogP contribution in [0.2, 0.25) is 0 Å². The molecule has 26 heavy (non-hydrogen) atoms. The number of hydrogen-bond acceptors (Lipinski definition) is 4. The van der Waals surface area contributed by atoms with Crippen molar-refractivity contribution in [3.63, 3.8) is 0 Å². The zero-order valence-electron chi connectivity index (χ0n) is 15.4. The molecule has 0 saturated carbocycles. The first-order chi connectivity index (χ1) is 12.1. The van der Waals surface area contributed by atoms with Crippen molar-refractivity contribution < 1.29 is 17.9 Å². The number of amides is 1. The zero-order valence-corrected chi connectivity index (χ0v) is 16.2. The molecule has 7 heteroatoms. The van der Waals surface area contributed by atoms with E-state index in [1.165, 1.54) is 12.1 Å². The van der Waals surface area contributed by atoms with Gasteiger partial charge in [0.1, 0.15) is 5.75 Å². The van der Waals surface area contributed by atoms with Crippen LogP contribution in [0.25, 0.3) is 0 Å². The van der Waals surface area contributed by atoms with Gasteiger partial charge in [0.05, 0.1) is 11.5 Å². The lowest BCUT2D eigenvalue weighted by molar-refractivity contribution is 0.102. The second kappa shape index (κ2) is 7.88. The van der Waals surface area contributed by atoms with E-state index < -0.39 is 15.6 Å². The summed E-state index contributed by atoms with van der Waals surface area (Å²) in [6, 6.07) is 12.9. The molecule has 0 bridgehead atoms. The maximum absolute atomic E-state index is 12.4. The van der Waals surface area contributed by atoms with Gasteiger partial charge in [0.2, 0.25) is 10.0 Å². The number of nitrogens with one attached hydrogen (secondary N) is 2. The van der Waals surface area contributed by atoms with E-state index in [9.17, 15) is 13.2 Å². The van der Waals surface area contributed by atoms with Crippen LogP contribution in [-0.4, -0.2) is 26.5 Å². The van der Waals surface area contributed by atoms with Gasteiger partial charge in [0.15, 0.2) is 0 Å². The average molecular weight is 376 g/mol. The smallest absolute Gasteiger partial charge is 0.255 e. The minimum Gasteiger partial charge on any atom is -0.494 e. The quantitative estimate of drug-likeness (QED) is 0.809. The molecule has 0 heterocycles. The second-order valence-corrected chi connectivity index (χ2v) is 8.48. The molecule has 0 aliphatic rings. The summed E-state index contributed by atoms with van der Waals surface area (Å²) in [5.41, 5.74) is 0.245. The highest BCUT2D eigenvalue weighted by molar-refractivity contribution is 7.89. The number of carbonyl (C=O) groups is 1. The third-order valence-corrected chi connectivity index (χ3v) is 5.03. The van der Waals surface area contributed by atoms with Crippen LogP contribution in [0, 0.1) is 0 Å². The van der Waals surface area contributed by atoms with Gasteiger partial charge in [-0.3, -0.25) is 4.79 Å². The van der Waals surface area contributed by atoms with Gasteiger partial charge in [-0.15, -0.1) is 0 Å². The molecule has 0 aliphatic heterocycles. The maximum atomic E-state index is 12.4. The number of sulfonamides is 1. The fourth-order valence-electron chi connectivity index (χ4n) is 2.27. The van der Waals surface area contributed by atoms with Crippen LogP contribution in [0.15, 0.2) is 53.4 Å². The SMILES string of the molecule is CCOc1ccc(NC(=O)c2cccc(S(=O)(=O)NC(C)(C)C)c2)cc1. The van der Waals surface area contributed by atoms with Gasteiger partial charge in [-0.05, 0) is 70.2 Å². The van der Waals surface area contributed by atoms with Crippen LogP contribution in [0.1, 0.15) is 38.1 Å². The predicted octanol–water partition coefficient (Wildman–Crippen LogP) is 3.41. The molecule has 0 saturated heterocycles. The van der Waals surface area contributed by atoms with Gasteiger partial charge in [-0.2, -0.15) is 0 Å². The molecule has 2 N–H and O–H groups in total. The molecule has 1 amide bonds. The monoisotopic (exact) mass is 376 g/mol. The van der Waals surface area contributed by atoms with E-state index in [2.05, 4.69) is 10.0 Å². The van der Waals surface area contributed by atoms with Crippen LogP contribution in [0.4, 0.5) is 5.69 Å². The van der Waals surface area contributed by atoms with Crippen molar-refractivity contribution in [2.75, 3.05) is 11.9 Å². The fraction of sp³-hybridized carbons (Fsp3) is 0.316. The third-order valence-electron chi connectivity index (χ3n) is 3.27. The minimum atomic E-state index is -3.71. The summed E-state index contributed by atoms with van der Waals surface area (Å²) in [4.78, 5) is 12.5. The normalized spacial score (nSPS) is 11.8. The summed E-state index contributed by atoms with van der Waals surface area (Å²) >= 11 is 0. The Hall–Kier alpha value is -2.38. The fourth-order valence-corrected chi connectivity index (χ4v) is 3.73. The standard InChI is InChI=1S/C19H24N2O4S/c1-5-25-16-11-9-15(10-12-16)20-18(22)14-7-6-8-17(13-14)26(23,24)21-19(2,3)4/h6-13,21H,5H2,1-4H3,(H,20,22). The molecule has 2 aromatic carbocycles. The van der Waals surface area contributed by atoms with Gasteiger partial charge in [0.25, 0.3) is 5.91 Å². The van der Waals surface area contributed by atoms with Crippen LogP contribution in [0.5, 0.6) is 5.75 Å². The van der Waals surface area contributed by atoms with Crippen LogP contribution in [-0.2, 0) is 10.0 Å². The molecule has 0 unspecified atom stereocenters. The summed E-state index contributed by atoms with van der Waals surface area (Å²) in [7, 11) is -3.71. The van der Waals surface area contributed by atoms with E-state index in [1.54, 1.807) is 57.2 Å². The van der Waals surface area contributed by atoms with Gasteiger partial charge in [0, 0.05) is 16.8 Å². The first-order valence-electron chi connectivity index (χ1n) is 8.29. The summed E-state index contributed by atoms with van der Waals surface area (Å²) in [6.07, 6.45) is 0. The molecule has 6 nitrogen and oxygen atoms in total. The summed E-state index contributed by atoms with van der Waals surface area (Å²) < 4.78 is 32.8. The van der Waals surface area contributed by atoms with Gasteiger partial charge >= 0.3 is 0 Å². The number of rotatable bonds is 6. The van der Waals surface area contributed by atoms with E-state index in [4.69, 9.17) is 4.74 Å². The Bertz CT molecular complexity index is 869. The molecule has 0 spiro atoms. The van der Waals surface area contributed by atoms with Crippen molar-refractivity contribution in [2.24, 2.45) is 0 Å². The molecule has 0 aromatic heterocycles. The Morgan fingerprint density at radius 3 is 2.31 bits per heavy atom. The number of benzene rings is 2. The molecule has 140 valence electrons. The highest BCUT2D eigenvalue weighted by Crippen LogP contribution is 2.18. The maximum Gasteiger partial charge on any atom is 0.255 e. The lowest BCUT2D eigenvalue weighted by Crippen LogP contribution is -2.40. The molecule has 0 radical (unpaired) electrons. The largest absolute Gasteiger partial charge is 0.494 e. The van der Waals surface area contributed by atoms with Crippen LogP contribution < -0.4 is 14.8 Å². The topological polar surface area (TPSA) is 84.5 Å². The Morgan fingerprint density at radius 2 is 1.73 bits per heavy atom. The Balaban J connectivity index is 2.17. The number of ether oxygens (including phenoxy) is 1. The van der Waals surface area contributed by atoms with Gasteiger partial charge in [-0.1, -0.05) is 6.07 Å². The Labute approximate surface area is 154 Å². The summed E-state index contributed by atoms with van der Waals surface area (Å²) in [6.45, 7) is 7.73. The van der Waals surface area contributed by atoms with E-state index in [0.717, 1.165) is 0 Å². The molecular weight excluding hydrogens is 352 g/mol. The molecular formula is C19H24N2O4S. The highest BCUT2D eigenvalue weighted by atomic mass is 32.2. The van der Waals surface area contributed by atoms with Crippen molar-refractivity contribution >= 4 is 21.6 Å². The van der Waals surface area contributed by atoms with Crippen molar-refractivity contribution in [1.29, 1.82) is 0 Å². The second-order valence-electron chi connectivity index (χ2n) is 6.79. The minimum absolute atomic E-state index is 0.0479. The summed E-state index contributed by atoms with van der Waals surface area (Å²) in [5.74, 6) is 0.328. The van der Waals surface area contributed by atoms with Crippen molar-refractivity contribution in [3.05, 3.63) is 54.1 Å². The first kappa shape index (κ1) is 19.9. The lowest BCUT2D eigenvalue weighted by Gasteiger charge is -2.20. The molecule has 0 atom stereocenters. The van der Waals surface area contributed by atoms with Crippen molar-refractivity contribution in [1.82, 2.24) is 4.72 Å². The van der Waals surface area contributed by atoms with Crippen molar-refractivity contribution in [3.8, 4) is 5.75 Å². The van der Waals surface area contributed by atoms with E-state index >= 15 is 0 Å². The van der Waals surface area contributed by atoms with Gasteiger partial charge < -0.3 is 10.1 Å². The van der Waals surface area contributed by atoms with Crippen LogP contribution >= 0.6 is 0 Å². The Kier molecular flexibility index (Phi) is 6.05. The van der Waals surface area contributed by atoms with E-state index in [0.29, 0.717) is 18.0 Å². The van der Waals surface area contributed by atoms with E-state index in [-0.39, 0.29) is 16.4 Å². The number of anilines is 1. The average Bonchev–Trinajstić information content (AvgIpc) is 2.55. The number of hydrogen-bond donors (Lipinski definition) is 2. The predicted molar refractivity (Wildman–Crippen MR) is 102 cm³/mol. The third kappa shape index (κ3) is 5.57. The molecule has 0 fully saturated rings. The van der Waals surface area contributed by atoms with Crippen LogP contribution in [0.3, 0.4) is 0 Å². The lowest BCUT2D eigenvalue weighted by atomic mass is 10.1. The molecule has 0 aliphatic carbocycles. The first-order valence-corrected chi connectivity index (χ1v) is 9.77. The zero-order chi connectivity index (χ0) is 19.4. The van der Waals surface area contributed by atoms with E-state index in [1.807, 2.05) is 6.92 Å². The van der Waals surface area contributed by atoms with Crippen molar-refractivity contribution in [2.45, 2.75) is 38.1 Å². The highest BCUT2D eigenvalue weighted by Gasteiger charge is 2.22. The number of carbonyl (C=O) groups excluding carboxylic acids is 1.